The summed E-state index contributed by atoms with van der Waals surface area (Å²) in [5.41, 5.74) is 0.611. The van der Waals surface area contributed by atoms with Crippen LogP contribution in [-0.2, 0) is 14.8 Å². The zero-order chi connectivity index (χ0) is 23.3. The van der Waals surface area contributed by atoms with E-state index in [4.69, 9.17) is 4.74 Å². The van der Waals surface area contributed by atoms with Crippen molar-refractivity contribution < 1.29 is 22.7 Å². The van der Waals surface area contributed by atoms with Crippen LogP contribution in [0.5, 0.6) is 5.75 Å². The van der Waals surface area contributed by atoms with Gasteiger partial charge in [0.25, 0.3) is 5.91 Å². The molecule has 2 aromatic carbocycles. The fourth-order valence-electron chi connectivity index (χ4n) is 3.55. The van der Waals surface area contributed by atoms with Crippen LogP contribution in [0.1, 0.15) is 24.2 Å². The van der Waals surface area contributed by atoms with E-state index in [1.807, 2.05) is 18.2 Å². The Kier molecular flexibility index (Phi) is 7.52. The molecule has 1 atom stereocenters. The lowest BCUT2D eigenvalue weighted by Crippen LogP contribution is -2.57. The van der Waals surface area contributed by atoms with Crippen molar-refractivity contribution >= 4 is 21.8 Å². The SMILES string of the molecule is COc1ccc(S(=O)(=O)N[C@H](C(=O)N2CCN(C(=O)c3ccccc3)CC2)C(C)C)cc1. The summed E-state index contributed by atoms with van der Waals surface area (Å²) in [5.74, 6) is -0.0647. The summed E-state index contributed by atoms with van der Waals surface area (Å²) in [6.45, 7) is 5.10. The molecule has 2 amide bonds. The van der Waals surface area contributed by atoms with Gasteiger partial charge in [-0.2, -0.15) is 4.72 Å². The van der Waals surface area contributed by atoms with Crippen LogP contribution < -0.4 is 9.46 Å². The highest BCUT2D eigenvalue weighted by molar-refractivity contribution is 7.89. The lowest BCUT2D eigenvalue weighted by atomic mass is 10.0. The van der Waals surface area contributed by atoms with E-state index >= 15 is 0 Å². The Labute approximate surface area is 189 Å². The minimum absolute atomic E-state index is 0.0648. The summed E-state index contributed by atoms with van der Waals surface area (Å²) in [5, 5.41) is 0. The van der Waals surface area contributed by atoms with Crippen molar-refractivity contribution in [3.8, 4) is 5.75 Å². The van der Waals surface area contributed by atoms with Crippen LogP contribution in [0, 0.1) is 5.92 Å². The van der Waals surface area contributed by atoms with E-state index in [-0.39, 0.29) is 22.6 Å². The Morgan fingerprint density at radius 1 is 0.906 bits per heavy atom. The molecule has 2 aromatic rings. The van der Waals surface area contributed by atoms with E-state index in [0.717, 1.165) is 0 Å². The Hall–Kier alpha value is -2.91. The van der Waals surface area contributed by atoms with Gasteiger partial charge in [-0.05, 0) is 42.3 Å². The smallest absolute Gasteiger partial charge is 0.253 e. The first kappa shape index (κ1) is 23.7. The highest BCUT2D eigenvalue weighted by atomic mass is 32.2. The van der Waals surface area contributed by atoms with Crippen molar-refractivity contribution in [3.63, 3.8) is 0 Å². The highest BCUT2D eigenvalue weighted by Crippen LogP contribution is 2.18. The number of sulfonamides is 1. The lowest BCUT2D eigenvalue weighted by Gasteiger charge is -2.37. The topological polar surface area (TPSA) is 96.0 Å². The standard InChI is InChI=1S/C23H29N3O5S/c1-17(2)21(24-32(29,30)20-11-9-19(31-3)10-12-20)23(28)26-15-13-25(14-16-26)22(27)18-7-5-4-6-8-18/h4-12,17,21,24H,13-16H2,1-3H3/t21-/m0/s1. The molecule has 9 heteroatoms. The largest absolute Gasteiger partial charge is 0.497 e. The molecule has 1 N–H and O–H groups in total. The first-order valence-electron chi connectivity index (χ1n) is 10.5. The average Bonchev–Trinajstić information content (AvgIpc) is 2.82. The number of amides is 2. The normalized spacial score (nSPS) is 15.5. The van der Waals surface area contributed by atoms with Crippen LogP contribution in [0.15, 0.2) is 59.5 Å². The molecule has 0 radical (unpaired) electrons. The predicted molar refractivity (Wildman–Crippen MR) is 121 cm³/mol. The number of rotatable bonds is 7. The van der Waals surface area contributed by atoms with Gasteiger partial charge in [0.1, 0.15) is 11.8 Å². The average molecular weight is 460 g/mol. The third kappa shape index (κ3) is 5.46. The molecule has 0 spiro atoms. The second kappa shape index (κ2) is 10.1. The zero-order valence-corrected chi connectivity index (χ0v) is 19.3. The van der Waals surface area contributed by atoms with E-state index in [9.17, 15) is 18.0 Å². The molecular formula is C23H29N3O5S. The molecule has 1 aliphatic heterocycles. The van der Waals surface area contributed by atoms with E-state index in [2.05, 4.69) is 4.72 Å². The Balaban J connectivity index is 1.66. The monoisotopic (exact) mass is 459 g/mol. The molecule has 3 rings (SSSR count). The van der Waals surface area contributed by atoms with Gasteiger partial charge in [-0.3, -0.25) is 9.59 Å². The van der Waals surface area contributed by atoms with Gasteiger partial charge in [0.2, 0.25) is 15.9 Å². The summed E-state index contributed by atoms with van der Waals surface area (Å²) in [6.07, 6.45) is 0. The molecule has 0 unspecified atom stereocenters. The third-order valence-corrected chi connectivity index (χ3v) is 6.94. The van der Waals surface area contributed by atoms with Gasteiger partial charge in [0, 0.05) is 31.7 Å². The van der Waals surface area contributed by atoms with E-state index < -0.39 is 16.1 Å². The number of hydrogen-bond acceptors (Lipinski definition) is 5. The molecule has 32 heavy (non-hydrogen) atoms. The van der Waals surface area contributed by atoms with Crippen LogP contribution in [0.25, 0.3) is 0 Å². The van der Waals surface area contributed by atoms with Crippen LogP contribution in [0.3, 0.4) is 0 Å². The molecule has 172 valence electrons. The molecule has 1 heterocycles. The van der Waals surface area contributed by atoms with Crippen LogP contribution in [0.4, 0.5) is 0 Å². The first-order valence-corrected chi connectivity index (χ1v) is 12.0. The molecule has 1 fully saturated rings. The molecule has 8 nitrogen and oxygen atoms in total. The number of nitrogens with one attached hydrogen (secondary N) is 1. The third-order valence-electron chi connectivity index (χ3n) is 5.48. The minimum atomic E-state index is -3.89. The van der Waals surface area contributed by atoms with Crippen molar-refractivity contribution in [3.05, 3.63) is 60.2 Å². The van der Waals surface area contributed by atoms with E-state index in [1.54, 1.807) is 47.9 Å². The first-order chi connectivity index (χ1) is 15.2. The zero-order valence-electron chi connectivity index (χ0n) is 18.5. The molecule has 0 aromatic heterocycles. The van der Waals surface area contributed by atoms with Gasteiger partial charge < -0.3 is 14.5 Å². The maximum Gasteiger partial charge on any atom is 0.253 e. The van der Waals surface area contributed by atoms with Crippen molar-refractivity contribution in [2.45, 2.75) is 24.8 Å². The molecular weight excluding hydrogens is 430 g/mol. The number of carbonyl (C=O) groups is 2. The van der Waals surface area contributed by atoms with Gasteiger partial charge in [-0.25, -0.2) is 8.42 Å². The summed E-state index contributed by atoms with van der Waals surface area (Å²) in [7, 11) is -2.39. The number of nitrogens with zero attached hydrogens (tertiary/aromatic N) is 2. The van der Waals surface area contributed by atoms with Crippen molar-refractivity contribution in [2.24, 2.45) is 5.92 Å². The number of benzene rings is 2. The Morgan fingerprint density at radius 3 is 2.00 bits per heavy atom. The van der Waals surface area contributed by atoms with Crippen LogP contribution in [0.2, 0.25) is 0 Å². The number of piperazine rings is 1. The summed E-state index contributed by atoms with van der Waals surface area (Å²) in [4.78, 5) is 29.2. The number of hydrogen-bond donors (Lipinski definition) is 1. The molecule has 0 bridgehead atoms. The van der Waals surface area contributed by atoms with Crippen molar-refractivity contribution in [1.29, 1.82) is 0 Å². The van der Waals surface area contributed by atoms with Crippen LogP contribution >= 0.6 is 0 Å². The predicted octanol–water partition coefficient (Wildman–Crippen LogP) is 1.98. The van der Waals surface area contributed by atoms with Crippen molar-refractivity contribution in [1.82, 2.24) is 14.5 Å². The van der Waals surface area contributed by atoms with Gasteiger partial charge in [0.15, 0.2) is 0 Å². The van der Waals surface area contributed by atoms with E-state index in [0.29, 0.717) is 37.5 Å². The summed E-state index contributed by atoms with van der Waals surface area (Å²) in [6, 6.07) is 14.1. The Morgan fingerprint density at radius 2 is 1.47 bits per heavy atom. The van der Waals surface area contributed by atoms with Gasteiger partial charge in [-0.15, -0.1) is 0 Å². The maximum absolute atomic E-state index is 13.2. The Bertz CT molecular complexity index is 1030. The fraction of sp³-hybridized carbons (Fsp3) is 0.391. The minimum Gasteiger partial charge on any atom is -0.497 e. The molecule has 1 saturated heterocycles. The lowest BCUT2D eigenvalue weighted by molar-refractivity contribution is -0.135. The fourth-order valence-corrected chi connectivity index (χ4v) is 4.89. The summed E-state index contributed by atoms with van der Waals surface area (Å²) < 4.78 is 33.3. The highest BCUT2D eigenvalue weighted by Gasteiger charge is 2.34. The molecule has 0 aliphatic carbocycles. The second-order valence-corrected chi connectivity index (χ2v) is 9.72. The number of methoxy groups -OCH3 is 1. The maximum atomic E-state index is 13.2. The van der Waals surface area contributed by atoms with Crippen molar-refractivity contribution in [2.75, 3.05) is 33.3 Å². The molecule has 1 aliphatic rings. The van der Waals surface area contributed by atoms with Gasteiger partial charge >= 0.3 is 0 Å². The van der Waals surface area contributed by atoms with Crippen LogP contribution in [-0.4, -0.2) is 69.4 Å². The quantitative estimate of drug-likeness (QED) is 0.683. The second-order valence-electron chi connectivity index (χ2n) is 8.00. The van der Waals surface area contributed by atoms with Gasteiger partial charge in [-0.1, -0.05) is 32.0 Å². The van der Waals surface area contributed by atoms with Gasteiger partial charge in [0.05, 0.1) is 12.0 Å². The molecule has 0 saturated carbocycles. The number of carbonyl (C=O) groups excluding carboxylic acids is 2. The van der Waals surface area contributed by atoms with E-state index in [1.165, 1.54) is 19.2 Å². The number of ether oxygens (including phenoxy) is 1. The summed E-state index contributed by atoms with van der Waals surface area (Å²) >= 11 is 0.